The van der Waals surface area contributed by atoms with Gasteiger partial charge in [0.15, 0.2) is 11.5 Å². The molecular weight excluding hydrogens is 577 g/mol. The van der Waals surface area contributed by atoms with Gasteiger partial charge in [-0.3, -0.25) is 4.79 Å². The van der Waals surface area contributed by atoms with Crippen LogP contribution in [0.15, 0.2) is 77.3 Å². The van der Waals surface area contributed by atoms with Crippen LogP contribution < -0.4 is 5.32 Å². The zero-order chi connectivity index (χ0) is 25.9. The molecule has 2 aromatic heterocycles. The fourth-order valence-corrected chi connectivity index (χ4v) is 4.62. The molecular formula is C26H20BrCl2N7O. The smallest absolute Gasteiger partial charge is 0.272 e. The topological polar surface area (TPSA) is 101 Å². The highest BCUT2D eigenvalue weighted by atomic mass is 79.9. The number of hydrogen-bond acceptors (Lipinski definition) is 5. The van der Waals surface area contributed by atoms with Crippen LogP contribution in [-0.2, 0) is 6.42 Å². The molecule has 0 aliphatic rings. The van der Waals surface area contributed by atoms with E-state index in [-0.39, 0.29) is 24.1 Å². The quantitative estimate of drug-likeness (QED) is 0.233. The summed E-state index contributed by atoms with van der Waals surface area (Å²) < 4.78 is 2.64. The number of benzene rings is 3. The summed E-state index contributed by atoms with van der Waals surface area (Å²) in [7, 11) is 0. The summed E-state index contributed by atoms with van der Waals surface area (Å²) in [4.78, 5) is 13.7. The van der Waals surface area contributed by atoms with E-state index in [1.165, 1.54) is 0 Å². The molecule has 2 N–H and O–H groups in total. The van der Waals surface area contributed by atoms with Crippen LogP contribution in [0.3, 0.4) is 0 Å². The van der Waals surface area contributed by atoms with Crippen LogP contribution in [0.25, 0.3) is 16.9 Å². The number of rotatable bonds is 7. The third-order valence-corrected chi connectivity index (χ3v) is 6.94. The molecule has 0 aliphatic heterocycles. The van der Waals surface area contributed by atoms with Crippen molar-refractivity contribution in [1.29, 1.82) is 0 Å². The average Bonchev–Trinajstić information content (AvgIpc) is 3.54. The van der Waals surface area contributed by atoms with Crippen molar-refractivity contribution >= 4 is 45.0 Å². The molecule has 11 heteroatoms. The van der Waals surface area contributed by atoms with Gasteiger partial charge in [-0.25, -0.2) is 4.68 Å². The maximum atomic E-state index is 13.7. The molecule has 0 spiro atoms. The first-order chi connectivity index (χ1) is 17.9. The first-order valence-electron chi connectivity index (χ1n) is 11.3. The predicted molar refractivity (Wildman–Crippen MR) is 146 cm³/mol. The van der Waals surface area contributed by atoms with Crippen molar-refractivity contribution in [3.05, 3.63) is 110 Å². The number of carbonyl (C=O) groups excluding carboxylic acids is 1. The molecule has 37 heavy (non-hydrogen) atoms. The van der Waals surface area contributed by atoms with Gasteiger partial charge in [0.1, 0.15) is 0 Å². The lowest BCUT2D eigenvalue weighted by Crippen LogP contribution is -2.28. The largest absolute Gasteiger partial charge is 0.344 e. The van der Waals surface area contributed by atoms with E-state index < -0.39 is 0 Å². The molecule has 0 unspecified atom stereocenters. The van der Waals surface area contributed by atoms with Gasteiger partial charge in [0.2, 0.25) is 0 Å². The lowest BCUT2D eigenvalue weighted by atomic mass is 10.0. The number of amides is 1. The zero-order valence-corrected chi connectivity index (χ0v) is 22.6. The van der Waals surface area contributed by atoms with Gasteiger partial charge in [-0.2, -0.15) is 10.3 Å². The van der Waals surface area contributed by atoms with Gasteiger partial charge >= 0.3 is 0 Å². The van der Waals surface area contributed by atoms with Gasteiger partial charge in [-0.15, -0.1) is 10.2 Å². The van der Waals surface area contributed by atoms with Crippen molar-refractivity contribution in [3.8, 4) is 16.9 Å². The standard InChI is InChI=1S/C26H20BrCl2N7O/c1-15(16-6-10-18(27)11-7-16)30-26(37)24-20(14-23-31-34-35-32-23)25(17-8-12-19(28)13-9-17)36(33-24)22-5-3-2-4-21(22)29/h2-13,15H,14H2,1H3,(H,30,37)(H,31,32,34,35)/t15-/m1/s1. The fraction of sp³-hybridized carbons (Fsp3) is 0.115. The van der Waals surface area contributed by atoms with Crippen LogP contribution in [0, 0.1) is 0 Å². The van der Waals surface area contributed by atoms with Crippen LogP contribution in [0.4, 0.5) is 0 Å². The zero-order valence-electron chi connectivity index (χ0n) is 19.5. The molecule has 0 bridgehead atoms. The Morgan fingerprint density at radius 1 is 1.05 bits per heavy atom. The molecule has 0 fully saturated rings. The SMILES string of the molecule is C[C@@H](NC(=O)c1nn(-c2ccccc2Cl)c(-c2ccc(Cl)cc2)c1Cc1nn[nH]n1)c1ccc(Br)cc1. The maximum absolute atomic E-state index is 13.7. The Kier molecular flexibility index (Phi) is 7.36. The average molecular weight is 597 g/mol. The molecule has 0 aliphatic carbocycles. The van der Waals surface area contributed by atoms with E-state index in [0.29, 0.717) is 32.8 Å². The summed E-state index contributed by atoms with van der Waals surface area (Å²) in [5.74, 6) is 0.0823. The molecule has 2 heterocycles. The van der Waals surface area contributed by atoms with E-state index in [0.717, 1.165) is 15.6 Å². The Morgan fingerprint density at radius 3 is 2.46 bits per heavy atom. The van der Waals surface area contributed by atoms with Gasteiger partial charge in [0.25, 0.3) is 5.91 Å². The Labute approximate surface area is 231 Å². The van der Waals surface area contributed by atoms with Gasteiger partial charge in [0.05, 0.1) is 22.4 Å². The molecule has 1 amide bonds. The number of nitrogens with one attached hydrogen (secondary N) is 2. The normalized spacial score (nSPS) is 11.9. The van der Waals surface area contributed by atoms with Crippen molar-refractivity contribution < 1.29 is 4.79 Å². The van der Waals surface area contributed by atoms with Crippen molar-refractivity contribution in [1.82, 2.24) is 35.7 Å². The number of H-pyrrole nitrogens is 1. The highest BCUT2D eigenvalue weighted by Crippen LogP contribution is 2.34. The molecule has 186 valence electrons. The Hall–Kier alpha value is -3.53. The molecule has 3 aromatic carbocycles. The minimum Gasteiger partial charge on any atom is -0.344 e. The number of tetrazole rings is 1. The molecule has 8 nitrogen and oxygen atoms in total. The Balaban J connectivity index is 1.66. The first-order valence-corrected chi connectivity index (χ1v) is 12.9. The first kappa shape index (κ1) is 25.1. The minimum absolute atomic E-state index is 0.217. The molecule has 0 radical (unpaired) electrons. The van der Waals surface area contributed by atoms with E-state index in [4.69, 9.17) is 28.3 Å². The summed E-state index contributed by atoms with van der Waals surface area (Å²) in [6.07, 6.45) is 0.217. The van der Waals surface area contributed by atoms with Crippen molar-refractivity contribution in [2.24, 2.45) is 0 Å². The Morgan fingerprint density at radius 2 is 1.78 bits per heavy atom. The van der Waals surface area contributed by atoms with E-state index >= 15 is 0 Å². The minimum atomic E-state index is -0.338. The van der Waals surface area contributed by atoms with Crippen LogP contribution in [0.2, 0.25) is 10.0 Å². The lowest BCUT2D eigenvalue weighted by Gasteiger charge is -2.14. The summed E-state index contributed by atoms with van der Waals surface area (Å²) in [6.45, 7) is 1.92. The van der Waals surface area contributed by atoms with Crippen LogP contribution in [0.1, 0.15) is 40.4 Å². The second kappa shape index (κ2) is 10.8. The van der Waals surface area contributed by atoms with E-state index in [9.17, 15) is 4.79 Å². The third kappa shape index (κ3) is 5.44. The number of nitrogens with zero attached hydrogens (tertiary/aromatic N) is 5. The van der Waals surface area contributed by atoms with E-state index in [1.807, 2.05) is 61.5 Å². The molecule has 1 atom stereocenters. The number of halogens is 3. The van der Waals surface area contributed by atoms with Gasteiger partial charge in [-0.05, 0) is 48.9 Å². The molecule has 0 saturated heterocycles. The monoisotopic (exact) mass is 595 g/mol. The van der Waals surface area contributed by atoms with Crippen molar-refractivity contribution in [2.75, 3.05) is 0 Å². The maximum Gasteiger partial charge on any atom is 0.272 e. The van der Waals surface area contributed by atoms with Crippen LogP contribution >= 0.6 is 39.1 Å². The number of aromatic nitrogens is 6. The van der Waals surface area contributed by atoms with E-state index in [2.05, 4.69) is 41.9 Å². The summed E-state index contributed by atoms with van der Waals surface area (Å²) in [5, 5.41) is 23.3. The summed E-state index contributed by atoms with van der Waals surface area (Å²) >= 11 is 16.2. The van der Waals surface area contributed by atoms with E-state index in [1.54, 1.807) is 22.9 Å². The second-order valence-corrected chi connectivity index (χ2v) is 10.1. The molecule has 5 aromatic rings. The van der Waals surface area contributed by atoms with Crippen LogP contribution in [0.5, 0.6) is 0 Å². The van der Waals surface area contributed by atoms with Crippen molar-refractivity contribution in [2.45, 2.75) is 19.4 Å². The van der Waals surface area contributed by atoms with Gasteiger partial charge in [0, 0.05) is 27.0 Å². The third-order valence-electron chi connectivity index (χ3n) is 5.84. The highest BCUT2D eigenvalue weighted by Gasteiger charge is 2.27. The number of para-hydroxylation sites is 1. The number of aromatic amines is 1. The van der Waals surface area contributed by atoms with Gasteiger partial charge in [-0.1, -0.05) is 80.7 Å². The highest BCUT2D eigenvalue weighted by molar-refractivity contribution is 9.10. The number of hydrogen-bond donors (Lipinski definition) is 2. The molecule has 0 saturated carbocycles. The fourth-order valence-electron chi connectivity index (χ4n) is 4.02. The van der Waals surface area contributed by atoms with Crippen LogP contribution in [-0.4, -0.2) is 36.3 Å². The summed E-state index contributed by atoms with van der Waals surface area (Å²) in [6, 6.07) is 22.2. The number of carbonyl (C=O) groups is 1. The second-order valence-electron chi connectivity index (χ2n) is 8.30. The van der Waals surface area contributed by atoms with Gasteiger partial charge < -0.3 is 5.32 Å². The predicted octanol–water partition coefficient (Wildman–Crippen LogP) is 6.20. The summed E-state index contributed by atoms with van der Waals surface area (Å²) in [5.41, 5.74) is 3.93. The lowest BCUT2D eigenvalue weighted by molar-refractivity contribution is 0.0933. The Bertz CT molecular complexity index is 1530. The van der Waals surface area contributed by atoms with Crippen molar-refractivity contribution in [3.63, 3.8) is 0 Å². The molecule has 5 rings (SSSR count).